The van der Waals surface area contributed by atoms with Crippen LogP contribution in [0.1, 0.15) is 5.48 Å². The highest BCUT2D eigenvalue weighted by Gasteiger charge is 2.17. The molecular weight excluding hydrogens is 631 g/mol. The molecule has 52 heavy (non-hydrogen) atoms. The number of furan rings is 1. The molecule has 9 aromatic carbocycles. The molecule has 10 aromatic rings. The molecular formula is C50H33NO. The monoisotopic (exact) mass is 667 g/mol. The van der Waals surface area contributed by atoms with E-state index < -0.39 is 0 Å². The van der Waals surface area contributed by atoms with Gasteiger partial charge >= 0.3 is 0 Å². The van der Waals surface area contributed by atoms with Crippen LogP contribution in [0.2, 0.25) is 0 Å². The van der Waals surface area contributed by atoms with Crippen molar-refractivity contribution in [2.75, 3.05) is 4.90 Å². The van der Waals surface area contributed by atoms with Crippen molar-refractivity contribution in [3.05, 3.63) is 200 Å². The summed E-state index contributed by atoms with van der Waals surface area (Å²) in [6.45, 7) is 0. The van der Waals surface area contributed by atoms with Crippen molar-refractivity contribution in [3.63, 3.8) is 0 Å². The van der Waals surface area contributed by atoms with E-state index in [-0.39, 0.29) is 35.4 Å². The lowest BCUT2D eigenvalue weighted by atomic mass is 9.97. The van der Waals surface area contributed by atoms with Gasteiger partial charge in [0.25, 0.3) is 0 Å². The summed E-state index contributed by atoms with van der Waals surface area (Å²) in [6, 6.07) is 58.3. The molecule has 0 amide bonds. The Labute approximate surface area is 308 Å². The van der Waals surface area contributed by atoms with E-state index in [1.165, 1.54) is 5.39 Å². The summed E-state index contributed by atoms with van der Waals surface area (Å²) < 4.78 is 43.4. The van der Waals surface area contributed by atoms with Crippen LogP contribution in [0.25, 0.3) is 76.9 Å². The van der Waals surface area contributed by atoms with Crippen molar-refractivity contribution >= 4 is 60.5 Å². The number of hydrogen-bond acceptors (Lipinski definition) is 2. The second-order valence-electron chi connectivity index (χ2n) is 13.0. The molecule has 0 saturated heterocycles. The molecule has 0 unspecified atom stereocenters. The minimum atomic E-state index is -0.116. The zero-order valence-electron chi connectivity index (χ0n) is 32.1. The summed E-state index contributed by atoms with van der Waals surface area (Å²) in [5.74, 6) is 0. The summed E-state index contributed by atoms with van der Waals surface area (Å²) in [6.07, 6.45) is 0. The van der Waals surface area contributed by atoms with Gasteiger partial charge in [-0.25, -0.2) is 0 Å². The zero-order valence-corrected chi connectivity index (χ0v) is 28.1. The smallest absolute Gasteiger partial charge is 0.143 e. The molecule has 0 spiro atoms. The van der Waals surface area contributed by atoms with E-state index in [2.05, 4.69) is 72.8 Å². The molecule has 0 N–H and O–H groups in total. The second-order valence-corrected chi connectivity index (χ2v) is 13.0. The van der Waals surface area contributed by atoms with E-state index >= 15 is 0 Å². The van der Waals surface area contributed by atoms with Crippen LogP contribution in [0.15, 0.2) is 205 Å². The molecule has 0 bridgehead atoms. The third kappa shape index (κ3) is 5.21. The molecule has 0 aliphatic carbocycles. The van der Waals surface area contributed by atoms with Crippen LogP contribution in [0.4, 0.5) is 17.1 Å². The fourth-order valence-electron chi connectivity index (χ4n) is 7.33. The first-order valence-corrected chi connectivity index (χ1v) is 17.4. The van der Waals surface area contributed by atoms with Gasteiger partial charge in [-0.15, -0.1) is 0 Å². The van der Waals surface area contributed by atoms with Gasteiger partial charge in [-0.1, -0.05) is 146 Å². The topological polar surface area (TPSA) is 16.4 Å². The van der Waals surface area contributed by atoms with Gasteiger partial charge in [-0.3, -0.25) is 0 Å². The molecule has 1 aromatic heterocycles. The fourth-order valence-corrected chi connectivity index (χ4v) is 7.33. The average molecular weight is 668 g/mol. The first kappa shape index (κ1) is 26.0. The quantitative estimate of drug-likeness (QED) is 0.175. The van der Waals surface area contributed by atoms with Crippen molar-refractivity contribution in [1.29, 1.82) is 0 Å². The summed E-state index contributed by atoms with van der Waals surface area (Å²) >= 11 is 0. The standard InChI is InChI=1S/C50H33NO/c1-2-9-34(10-3-1)36-19-26-42(27-20-36)51(43-28-21-37(22-29-43)41-18-17-35-11-4-5-13-40(35)33-41)44-30-23-39(24-31-44)45-15-8-16-48-49(45)47-32-25-38-12-6-7-14-46(38)50(47)52-48/h1-33H/i19D,20D,26D,27D. The summed E-state index contributed by atoms with van der Waals surface area (Å²) in [5, 5.41) is 6.62. The van der Waals surface area contributed by atoms with Crippen LogP contribution in [-0.4, -0.2) is 0 Å². The van der Waals surface area contributed by atoms with Gasteiger partial charge in [0.2, 0.25) is 0 Å². The van der Waals surface area contributed by atoms with Crippen LogP contribution < -0.4 is 4.90 Å². The maximum atomic E-state index is 9.35. The molecule has 2 nitrogen and oxygen atoms in total. The average Bonchev–Trinajstić information content (AvgIpc) is 3.65. The van der Waals surface area contributed by atoms with E-state index in [1.807, 2.05) is 108 Å². The van der Waals surface area contributed by atoms with E-state index in [9.17, 15) is 2.74 Å². The first-order valence-electron chi connectivity index (χ1n) is 19.4. The fraction of sp³-hybridized carbons (Fsp3) is 0. The summed E-state index contributed by atoms with van der Waals surface area (Å²) in [4.78, 5) is 1.84. The third-order valence-electron chi connectivity index (χ3n) is 9.93. The van der Waals surface area contributed by atoms with Gasteiger partial charge in [-0.05, 0) is 104 Å². The minimum Gasteiger partial charge on any atom is -0.455 e. The van der Waals surface area contributed by atoms with Crippen molar-refractivity contribution in [2.24, 2.45) is 0 Å². The molecule has 0 aliphatic heterocycles. The third-order valence-corrected chi connectivity index (χ3v) is 9.93. The van der Waals surface area contributed by atoms with Crippen LogP contribution in [0.3, 0.4) is 0 Å². The number of fused-ring (bicyclic) bond motifs is 6. The molecule has 0 saturated carbocycles. The van der Waals surface area contributed by atoms with E-state index in [1.54, 1.807) is 0 Å². The van der Waals surface area contributed by atoms with Crippen molar-refractivity contribution in [1.82, 2.24) is 0 Å². The number of anilines is 3. The highest BCUT2D eigenvalue weighted by atomic mass is 16.3. The van der Waals surface area contributed by atoms with Crippen molar-refractivity contribution in [2.45, 2.75) is 0 Å². The second kappa shape index (κ2) is 12.5. The van der Waals surface area contributed by atoms with E-state index in [0.717, 1.165) is 60.4 Å². The number of hydrogen-bond donors (Lipinski definition) is 0. The largest absolute Gasteiger partial charge is 0.455 e. The molecule has 0 atom stereocenters. The summed E-state index contributed by atoms with van der Waals surface area (Å²) in [7, 11) is 0. The lowest BCUT2D eigenvalue weighted by molar-refractivity contribution is 0.673. The van der Waals surface area contributed by atoms with Crippen LogP contribution in [0.5, 0.6) is 0 Å². The Morgan fingerprint density at radius 3 is 1.77 bits per heavy atom. The Balaban J connectivity index is 1.12. The Morgan fingerprint density at radius 2 is 1.00 bits per heavy atom. The van der Waals surface area contributed by atoms with E-state index in [4.69, 9.17) is 7.16 Å². The predicted octanol–water partition coefficient (Wildman–Crippen LogP) is 14.4. The SMILES string of the molecule is [2H]c1c([2H])c(N(c2ccc(-c3ccc4ccccc4c3)cc2)c2ccc(-c3cccc4oc5c6ccccc6ccc5c34)cc2)c([2H])c([2H])c1-c1ccccc1. The molecule has 10 rings (SSSR count). The summed E-state index contributed by atoms with van der Waals surface area (Å²) in [5.41, 5.74) is 8.32. The maximum absolute atomic E-state index is 9.35. The normalized spacial score (nSPS) is 12.5. The van der Waals surface area contributed by atoms with Crippen LogP contribution >= 0.6 is 0 Å². The Morgan fingerprint density at radius 1 is 0.385 bits per heavy atom. The van der Waals surface area contributed by atoms with Gasteiger partial charge in [0.1, 0.15) is 11.2 Å². The molecule has 2 heteroatoms. The highest BCUT2D eigenvalue weighted by molar-refractivity contribution is 6.19. The van der Waals surface area contributed by atoms with Gasteiger partial charge in [0, 0.05) is 33.2 Å². The van der Waals surface area contributed by atoms with Crippen LogP contribution in [-0.2, 0) is 0 Å². The zero-order chi connectivity index (χ0) is 37.9. The number of nitrogens with zero attached hydrogens (tertiary/aromatic N) is 1. The number of benzene rings is 9. The Bertz CT molecular complexity index is 3090. The number of rotatable bonds is 6. The van der Waals surface area contributed by atoms with Crippen molar-refractivity contribution in [3.8, 4) is 33.4 Å². The van der Waals surface area contributed by atoms with E-state index in [0.29, 0.717) is 16.9 Å². The van der Waals surface area contributed by atoms with Gasteiger partial charge in [-0.2, -0.15) is 0 Å². The lowest BCUT2D eigenvalue weighted by Crippen LogP contribution is -2.09. The van der Waals surface area contributed by atoms with Gasteiger partial charge in [0.05, 0.1) is 5.48 Å². The lowest BCUT2D eigenvalue weighted by Gasteiger charge is -2.26. The van der Waals surface area contributed by atoms with Crippen LogP contribution in [0, 0.1) is 0 Å². The predicted molar refractivity (Wildman–Crippen MR) is 220 cm³/mol. The highest BCUT2D eigenvalue weighted by Crippen LogP contribution is 2.42. The van der Waals surface area contributed by atoms with Gasteiger partial charge in [0.15, 0.2) is 0 Å². The molecule has 0 radical (unpaired) electrons. The van der Waals surface area contributed by atoms with Crippen molar-refractivity contribution < 1.29 is 9.90 Å². The Hall–Kier alpha value is -6.90. The first-order chi connectivity index (χ1) is 27.4. The Kier molecular flexibility index (Phi) is 6.22. The molecule has 244 valence electrons. The maximum Gasteiger partial charge on any atom is 0.143 e. The van der Waals surface area contributed by atoms with Gasteiger partial charge < -0.3 is 9.32 Å². The minimum absolute atomic E-state index is 0.0901. The molecule has 0 fully saturated rings. The molecule has 1 heterocycles. The molecule has 0 aliphatic rings.